The van der Waals surface area contributed by atoms with Gasteiger partial charge in [-0.2, -0.15) is 0 Å². The molecule has 1 aliphatic heterocycles. The Hall–Kier alpha value is -2.08. The number of methoxy groups -OCH3 is 1. The molecule has 6 heteroatoms. The molecule has 1 fully saturated rings. The van der Waals surface area contributed by atoms with E-state index in [9.17, 15) is 14.7 Å². The van der Waals surface area contributed by atoms with Crippen LogP contribution >= 0.6 is 0 Å². The van der Waals surface area contributed by atoms with Crippen molar-refractivity contribution < 1.29 is 19.4 Å². The molecule has 1 aromatic rings. The molecule has 1 aliphatic rings. The van der Waals surface area contributed by atoms with Crippen LogP contribution < -0.4 is 15.0 Å². The van der Waals surface area contributed by atoms with Crippen molar-refractivity contribution in [3.8, 4) is 5.75 Å². The van der Waals surface area contributed by atoms with Gasteiger partial charge in [-0.3, -0.25) is 14.9 Å². The molecule has 21 heavy (non-hydrogen) atoms. The van der Waals surface area contributed by atoms with Gasteiger partial charge in [-0.25, -0.2) is 0 Å². The molecule has 0 radical (unpaired) electrons. The van der Waals surface area contributed by atoms with Crippen LogP contribution in [-0.4, -0.2) is 36.1 Å². The van der Waals surface area contributed by atoms with Gasteiger partial charge in [0, 0.05) is 11.3 Å². The number of amides is 2. The van der Waals surface area contributed by atoms with Crippen molar-refractivity contribution in [3.05, 3.63) is 23.8 Å². The summed E-state index contributed by atoms with van der Waals surface area (Å²) in [5, 5.41) is 12.4. The summed E-state index contributed by atoms with van der Waals surface area (Å²) >= 11 is 0. The summed E-state index contributed by atoms with van der Waals surface area (Å²) < 4.78 is 5.29. The molecule has 6 nitrogen and oxygen atoms in total. The maximum absolute atomic E-state index is 12.1. The SMILES string of the molecule is COc1cccc(N2CC(=O)NC(=O)C2(C)C)c1C(C)O. The van der Waals surface area contributed by atoms with Crippen LogP contribution in [0.4, 0.5) is 5.69 Å². The first-order valence-corrected chi connectivity index (χ1v) is 6.76. The van der Waals surface area contributed by atoms with Crippen molar-refractivity contribution in [2.75, 3.05) is 18.6 Å². The predicted molar refractivity (Wildman–Crippen MR) is 78.2 cm³/mol. The first kappa shape index (κ1) is 15.3. The molecule has 1 saturated heterocycles. The number of anilines is 1. The molecule has 2 N–H and O–H groups in total. The van der Waals surface area contributed by atoms with Crippen LogP contribution in [0.1, 0.15) is 32.4 Å². The molecule has 0 spiro atoms. The highest BCUT2D eigenvalue weighted by Gasteiger charge is 2.42. The van der Waals surface area contributed by atoms with Crippen molar-refractivity contribution >= 4 is 17.5 Å². The standard InChI is InChI=1S/C15H20N2O4/c1-9(18)13-10(6-5-7-11(13)21-4)17-8-12(19)16-14(20)15(17,2)3/h5-7,9,18H,8H2,1-4H3,(H,16,19,20). The van der Waals surface area contributed by atoms with Gasteiger partial charge in [-0.05, 0) is 32.9 Å². The minimum Gasteiger partial charge on any atom is -0.496 e. The van der Waals surface area contributed by atoms with Crippen molar-refractivity contribution in [2.24, 2.45) is 0 Å². The Morgan fingerprint density at radius 1 is 1.38 bits per heavy atom. The number of aliphatic hydroxyl groups excluding tert-OH is 1. The molecule has 0 aliphatic carbocycles. The molecule has 1 unspecified atom stereocenters. The van der Waals surface area contributed by atoms with Crippen LogP contribution in [0.3, 0.4) is 0 Å². The maximum atomic E-state index is 12.1. The quantitative estimate of drug-likeness (QED) is 0.812. The molecule has 114 valence electrons. The number of imide groups is 1. The first-order valence-electron chi connectivity index (χ1n) is 6.76. The van der Waals surface area contributed by atoms with Crippen LogP contribution in [0, 0.1) is 0 Å². The number of piperazine rings is 1. The number of rotatable bonds is 3. The van der Waals surface area contributed by atoms with Crippen molar-refractivity contribution in [3.63, 3.8) is 0 Å². The van der Waals surface area contributed by atoms with Gasteiger partial charge in [-0.15, -0.1) is 0 Å². The second-order valence-electron chi connectivity index (χ2n) is 5.59. The van der Waals surface area contributed by atoms with E-state index < -0.39 is 11.6 Å². The first-order chi connectivity index (χ1) is 9.78. The number of nitrogens with one attached hydrogen (secondary N) is 1. The third-order valence-corrected chi connectivity index (χ3v) is 3.76. The minimum absolute atomic E-state index is 0.0472. The number of carbonyl (C=O) groups is 2. The van der Waals surface area contributed by atoms with Gasteiger partial charge in [0.1, 0.15) is 11.3 Å². The zero-order valence-electron chi connectivity index (χ0n) is 12.6. The second-order valence-corrected chi connectivity index (χ2v) is 5.59. The van der Waals surface area contributed by atoms with Crippen molar-refractivity contribution in [1.82, 2.24) is 5.32 Å². The molecular formula is C15H20N2O4. The highest BCUT2D eigenvalue weighted by molar-refractivity contribution is 6.06. The summed E-state index contributed by atoms with van der Waals surface area (Å²) in [7, 11) is 1.52. The van der Waals surface area contributed by atoms with E-state index in [2.05, 4.69) is 5.32 Å². The number of carbonyl (C=O) groups excluding carboxylic acids is 2. The molecule has 0 saturated carbocycles. The topological polar surface area (TPSA) is 78.9 Å². The van der Waals surface area contributed by atoms with E-state index >= 15 is 0 Å². The van der Waals surface area contributed by atoms with Crippen molar-refractivity contribution in [1.29, 1.82) is 0 Å². The van der Waals surface area contributed by atoms with Crippen LogP contribution in [0.15, 0.2) is 18.2 Å². The van der Waals surface area contributed by atoms with Gasteiger partial charge in [-0.1, -0.05) is 6.07 Å². The van der Waals surface area contributed by atoms with E-state index in [0.29, 0.717) is 17.0 Å². The van der Waals surface area contributed by atoms with Gasteiger partial charge >= 0.3 is 0 Å². The zero-order chi connectivity index (χ0) is 15.8. The highest BCUT2D eigenvalue weighted by Crippen LogP contribution is 2.38. The summed E-state index contributed by atoms with van der Waals surface area (Å²) in [5.74, 6) is -0.200. The van der Waals surface area contributed by atoms with Crippen LogP contribution in [-0.2, 0) is 9.59 Å². The number of nitrogens with zero attached hydrogens (tertiary/aromatic N) is 1. The zero-order valence-corrected chi connectivity index (χ0v) is 12.6. The van der Waals surface area contributed by atoms with Gasteiger partial charge in [0.15, 0.2) is 0 Å². The normalized spacial score (nSPS) is 19.2. The van der Waals surface area contributed by atoms with E-state index in [4.69, 9.17) is 4.74 Å². The Morgan fingerprint density at radius 2 is 2.05 bits per heavy atom. The average molecular weight is 292 g/mol. The molecule has 1 aromatic carbocycles. The summed E-state index contributed by atoms with van der Waals surface area (Å²) in [6.45, 7) is 5.14. The smallest absolute Gasteiger partial charge is 0.251 e. The van der Waals surface area contributed by atoms with Gasteiger partial charge in [0.25, 0.3) is 5.91 Å². The predicted octanol–water partition coefficient (Wildman–Crippen LogP) is 0.990. The maximum Gasteiger partial charge on any atom is 0.251 e. The summed E-state index contributed by atoms with van der Waals surface area (Å²) in [5.41, 5.74) is 0.289. The third-order valence-electron chi connectivity index (χ3n) is 3.76. The lowest BCUT2D eigenvalue weighted by molar-refractivity contribution is -0.135. The fourth-order valence-corrected chi connectivity index (χ4v) is 2.53. The van der Waals surface area contributed by atoms with Crippen LogP contribution in [0.5, 0.6) is 5.75 Å². The van der Waals surface area contributed by atoms with Gasteiger partial charge in [0.05, 0.1) is 19.8 Å². The Kier molecular flexibility index (Phi) is 3.91. The van der Waals surface area contributed by atoms with Gasteiger partial charge < -0.3 is 14.7 Å². The summed E-state index contributed by atoms with van der Waals surface area (Å²) in [6.07, 6.45) is -0.785. The molecule has 1 heterocycles. The van der Waals surface area contributed by atoms with Crippen LogP contribution in [0.25, 0.3) is 0 Å². The van der Waals surface area contributed by atoms with E-state index in [-0.39, 0.29) is 18.4 Å². The van der Waals surface area contributed by atoms with E-state index in [0.717, 1.165) is 0 Å². The monoisotopic (exact) mass is 292 g/mol. The highest BCUT2D eigenvalue weighted by atomic mass is 16.5. The Morgan fingerprint density at radius 3 is 2.62 bits per heavy atom. The number of benzene rings is 1. The molecule has 2 amide bonds. The largest absolute Gasteiger partial charge is 0.496 e. The lowest BCUT2D eigenvalue weighted by atomic mass is 9.95. The van der Waals surface area contributed by atoms with Crippen molar-refractivity contribution in [2.45, 2.75) is 32.4 Å². The Bertz CT molecular complexity index is 581. The lowest BCUT2D eigenvalue weighted by Gasteiger charge is -2.43. The fraction of sp³-hybridized carbons (Fsp3) is 0.467. The summed E-state index contributed by atoms with van der Waals surface area (Å²) in [4.78, 5) is 25.5. The fourth-order valence-electron chi connectivity index (χ4n) is 2.53. The number of ether oxygens (including phenoxy) is 1. The molecule has 2 rings (SSSR count). The number of hydrogen-bond acceptors (Lipinski definition) is 5. The molecule has 1 atom stereocenters. The van der Waals surface area contributed by atoms with E-state index in [1.165, 1.54) is 7.11 Å². The molecule has 0 aromatic heterocycles. The second kappa shape index (κ2) is 5.37. The lowest BCUT2D eigenvalue weighted by Crippen LogP contribution is -2.64. The number of hydrogen-bond donors (Lipinski definition) is 2. The van der Waals surface area contributed by atoms with Gasteiger partial charge in [0.2, 0.25) is 5.91 Å². The molecular weight excluding hydrogens is 272 g/mol. The molecule has 0 bridgehead atoms. The third kappa shape index (κ3) is 2.58. The van der Waals surface area contributed by atoms with Crippen LogP contribution in [0.2, 0.25) is 0 Å². The summed E-state index contributed by atoms with van der Waals surface area (Å²) in [6, 6.07) is 5.29. The average Bonchev–Trinajstić information content (AvgIpc) is 2.42. The van der Waals surface area contributed by atoms with E-state index in [1.54, 1.807) is 43.9 Å². The Balaban J connectivity index is 2.59. The van der Waals surface area contributed by atoms with E-state index in [1.807, 2.05) is 0 Å². The number of aliphatic hydroxyl groups is 1. The Labute approximate surface area is 123 Å². The minimum atomic E-state index is -0.899.